The zero-order chi connectivity index (χ0) is 8.85. The fourth-order valence-electron chi connectivity index (χ4n) is 0.484. The fourth-order valence-corrected chi connectivity index (χ4v) is 0.484. The van der Waals surface area contributed by atoms with Gasteiger partial charge in [0.2, 0.25) is 0 Å². The molecule has 0 heterocycles. The molecule has 60 valence electrons. The molecular weight excluding hydrogens is 142 g/mol. The molecule has 0 saturated heterocycles. The summed E-state index contributed by atoms with van der Waals surface area (Å²) in [4.78, 5) is 10.9. The second kappa shape index (κ2) is 4.47. The summed E-state index contributed by atoms with van der Waals surface area (Å²) in [5, 5.41) is 9.04. The summed E-state index contributed by atoms with van der Waals surface area (Å²) in [5.74, 6) is 4.85. The van der Waals surface area contributed by atoms with Gasteiger partial charge in [-0.15, -0.1) is 0 Å². The van der Waals surface area contributed by atoms with E-state index in [1.165, 1.54) is 6.08 Å². The largest absolute Gasteiger partial charge is 0.268 e. The Morgan fingerprint density at radius 2 is 2.27 bits per heavy atom. The van der Waals surface area contributed by atoms with Crippen LogP contribution in [-0.2, 0) is 4.79 Å². The van der Waals surface area contributed by atoms with E-state index in [2.05, 4.69) is 0 Å². The van der Waals surface area contributed by atoms with E-state index in [1.807, 2.05) is 0 Å². The van der Waals surface area contributed by atoms with Crippen LogP contribution in [0.2, 0.25) is 0 Å². The number of hydrazine groups is 1. The Hall–Kier alpha value is -1.34. The van der Waals surface area contributed by atoms with E-state index in [9.17, 15) is 4.79 Å². The molecule has 0 fully saturated rings. The molecule has 0 aromatic heterocycles. The molecule has 0 aromatic rings. The highest BCUT2D eigenvalue weighted by Gasteiger charge is 2.03. The summed E-state index contributed by atoms with van der Waals surface area (Å²) in [6, 6.07) is 1.77. The number of nitrogens with zero attached hydrogens (tertiary/aromatic N) is 2. The molecule has 0 atom stereocenters. The summed E-state index contributed by atoms with van der Waals surface area (Å²) in [5.41, 5.74) is 0.864. The molecule has 0 saturated carbocycles. The highest BCUT2D eigenvalue weighted by atomic mass is 16.2. The molecule has 4 heteroatoms. The molecule has 0 aliphatic rings. The lowest BCUT2D eigenvalue weighted by Crippen LogP contribution is -2.36. The molecule has 2 N–H and O–H groups in total. The number of hydrogen-bond acceptors (Lipinski definition) is 3. The number of allylic oxidation sites excluding steroid dienone is 1. The second-order valence-corrected chi connectivity index (χ2v) is 2.35. The Morgan fingerprint density at radius 3 is 2.64 bits per heavy atom. The first kappa shape index (κ1) is 9.66. The minimum Gasteiger partial charge on any atom is -0.268 e. The van der Waals surface area contributed by atoms with Crippen molar-refractivity contribution in [2.24, 2.45) is 5.84 Å². The van der Waals surface area contributed by atoms with Crippen LogP contribution in [0.25, 0.3) is 0 Å². The van der Waals surface area contributed by atoms with Gasteiger partial charge in [-0.25, -0.2) is 5.84 Å². The Morgan fingerprint density at radius 1 is 1.73 bits per heavy atom. The Kier molecular flexibility index (Phi) is 3.93. The monoisotopic (exact) mass is 153 g/mol. The van der Waals surface area contributed by atoms with Gasteiger partial charge in [0.15, 0.2) is 0 Å². The van der Waals surface area contributed by atoms with E-state index < -0.39 is 0 Å². The maximum atomic E-state index is 10.9. The van der Waals surface area contributed by atoms with Crippen LogP contribution in [0.4, 0.5) is 0 Å². The van der Waals surface area contributed by atoms with Crippen LogP contribution in [0.5, 0.6) is 0 Å². The average molecular weight is 153 g/mol. The van der Waals surface area contributed by atoms with Crippen LogP contribution in [-0.4, -0.2) is 17.5 Å². The number of nitriles is 1. The summed E-state index contributed by atoms with van der Waals surface area (Å²) >= 11 is 0. The van der Waals surface area contributed by atoms with Gasteiger partial charge in [0.25, 0.3) is 5.91 Å². The third-order valence-electron chi connectivity index (χ3n) is 0.936. The van der Waals surface area contributed by atoms with Gasteiger partial charge in [-0.1, -0.05) is 5.57 Å². The summed E-state index contributed by atoms with van der Waals surface area (Å²) < 4.78 is 0. The molecule has 0 aliphatic heterocycles. The zero-order valence-electron chi connectivity index (χ0n) is 6.66. The molecule has 0 bridgehead atoms. The van der Waals surface area contributed by atoms with Crippen molar-refractivity contribution >= 4 is 5.91 Å². The third-order valence-corrected chi connectivity index (χ3v) is 0.936. The molecule has 0 rings (SSSR count). The molecule has 11 heavy (non-hydrogen) atoms. The summed E-state index contributed by atoms with van der Waals surface area (Å²) in [6.07, 6.45) is 1.39. The number of carbonyl (C=O) groups is 1. The minimum absolute atomic E-state index is 0.0807. The van der Waals surface area contributed by atoms with E-state index in [0.29, 0.717) is 0 Å². The highest BCUT2D eigenvalue weighted by molar-refractivity contribution is 5.87. The van der Waals surface area contributed by atoms with E-state index >= 15 is 0 Å². The molecule has 0 spiro atoms. The SMILES string of the molecule is CC(C)=CC(=O)N(N)CC#N. The molecule has 4 nitrogen and oxygen atoms in total. The van der Waals surface area contributed by atoms with Gasteiger partial charge in [0.05, 0.1) is 6.07 Å². The lowest BCUT2D eigenvalue weighted by Gasteiger charge is -2.08. The molecule has 0 aliphatic carbocycles. The van der Waals surface area contributed by atoms with Crippen LogP contribution in [0.15, 0.2) is 11.6 Å². The van der Waals surface area contributed by atoms with Gasteiger partial charge in [-0.05, 0) is 13.8 Å². The van der Waals surface area contributed by atoms with Crippen molar-refractivity contribution in [3.05, 3.63) is 11.6 Å². The smallest absolute Gasteiger partial charge is 0.261 e. The summed E-state index contributed by atoms with van der Waals surface area (Å²) in [7, 11) is 0. The number of amides is 1. The maximum absolute atomic E-state index is 10.9. The van der Waals surface area contributed by atoms with Crippen LogP contribution in [0.1, 0.15) is 13.8 Å². The molecular formula is C7H11N3O. The van der Waals surface area contributed by atoms with Crippen molar-refractivity contribution in [1.29, 1.82) is 5.26 Å². The first-order chi connectivity index (χ1) is 5.07. The van der Waals surface area contributed by atoms with Crippen LogP contribution in [0, 0.1) is 11.3 Å². The van der Waals surface area contributed by atoms with Crippen molar-refractivity contribution in [2.45, 2.75) is 13.8 Å². The number of rotatable bonds is 2. The lowest BCUT2D eigenvalue weighted by molar-refractivity contribution is -0.125. The third kappa shape index (κ3) is 4.12. The number of hydrogen-bond donors (Lipinski definition) is 1. The van der Waals surface area contributed by atoms with Crippen molar-refractivity contribution in [2.75, 3.05) is 6.54 Å². The first-order valence-electron chi connectivity index (χ1n) is 3.16. The van der Waals surface area contributed by atoms with Crippen LogP contribution >= 0.6 is 0 Å². The Balaban J connectivity index is 4.06. The van der Waals surface area contributed by atoms with E-state index in [1.54, 1.807) is 19.9 Å². The van der Waals surface area contributed by atoms with Crippen LogP contribution < -0.4 is 5.84 Å². The van der Waals surface area contributed by atoms with Crippen molar-refractivity contribution < 1.29 is 4.79 Å². The molecule has 0 unspecified atom stereocenters. The maximum Gasteiger partial charge on any atom is 0.261 e. The Bertz CT molecular complexity index is 210. The van der Waals surface area contributed by atoms with Crippen molar-refractivity contribution in [3.63, 3.8) is 0 Å². The van der Waals surface area contributed by atoms with Crippen molar-refractivity contribution in [1.82, 2.24) is 5.01 Å². The predicted molar refractivity (Wildman–Crippen MR) is 40.9 cm³/mol. The topological polar surface area (TPSA) is 70.1 Å². The first-order valence-corrected chi connectivity index (χ1v) is 3.16. The number of carbonyl (C=O) groups excluding carboxylic acids is 1. The molecule has 0 aromatic carbocycles. The Labute approximate surface area is 65.9 Å². The predicted octanol–water partition coefficient (Wildman–Crippen LogP) is 0.178. The standard InChI is InChI=1S/C7H11N3O/c1-6(2)5-7(11)10(9)4-3-8/h5H,4,9H2,1-2H3. The van der Waals surface area contributed by atoms with Crippen molar-refractivity contribution in [3.8, 4) is 6.07 Å². The van der Waals surface area contributed by atoms with Gasteiger partial charge < -0.3 is 0 Å². The lowest BCUT2D eigenvalue weighted by atomic mass is 10.3. The molecule has 1 amide bonds. The van der Waals surface area contributed by atoms with Crippen LogP contribution in [0.3, 0.4) is 0 Å². The van der Waals surface area contributed by atoms with Gasteiger partial charge in [-0.3, -0.25) is 9.80 Å². The van der Waals surface area contributed by atoms with Gasteiger partial charge in [-0.2, -0.15) is 5.26 Å². The zero-order valence-corrected chi connectivity index (χ0v) is 6.66. The van der Waals surface area contributed by atoms with Gasteiger partial charge in [0, 0.05) is 6.08 Å². The highest BCUT2D eigenvalue weighted by Crippen LogP contribution is 1.90. The van der Waals surface area contributed by atoms with E-state index in [0.717, 1.165) is 10.6 Å². The molecule has 0 radical (unpaired) electrons. The second-order valence-electron chi connectivity index (χ2n) is 2.35. The fraction of sp³-hybridized carbons (Fsp3) is 0.429. The normalized spacial score (nSPS) is 8.18. The number of nitrogens with two attached hydrogens (primary N) is 1. The van der Waals surface area contributed by atoms with E-state index in [4.69, 9.17) is 11.1 Å². The minimum atomic E-state index is -0.341. The summed E-state index contributed by atoms with van der Waals surface area (Å²) in [6.45, 7) is 3.50. The van der Waals surface area contributed by atoms with Gasteiger partial charge >= 0.3 is 0 Å². The van der Waals surface area contributed by atoms with Gasteiger partial charge in [0.1, 0.15) is 6.54 Å². The average Bonchev–Trinajstić information content (AvgIpc) is 1.86. The van der Waals surface area contributed by atoms with E-state index in [-0.39, 0.29) is 12.5 Å². The quantitative estimate of drug-likeness (QED) is 0.202.